The summed E-state index contributed by atoms with van der Waals surface area (Å²) in [4.78, 5) is 0. The Balaban J connectivity index is 1.58. The highest BCUT2D eigenvalue weighted by atomic mass is 19.1. The summed E-state index contributed by atoms with van der Waals surface area (Å²) in [6.07, 6.45) is 19.0. The molecule has 2 fully saturated rings. The number of hydrogen-bond donors (Lipinski definition) is 0. The lowest BCUT2D eigenvalue weighted by Crippen LogP contribution is -2.25. The lowest BCUT2D eigenvalue weighted by atomic mass is 9.69. The fraction of sp³-hybridized carbons (Fsp3) is 0.850. The zero-order valence-corrected chi connectivity index (χ0v) is 14.0. The third kappa shape index (κ3) is 5.75. The van der Waals surface area contributed by atoms with Crippen LogP contribution in [0.3, 0.4) is 0 Å². The lowest BCUT2D eigenvalue weighted by Gasteiger charge is -2.36. The number of halogens is 1. The lowest BCUT2D eigenvalue weighted by molar-refractivity contribution is 0.154. The molecule has 0 amide bonds. The average molecular weight is 305 g/mol. The third-order valence-electron chi connectivity index (χ3n) is 5.93. The molecule has 2 heteroatoms. The second-order valence-corrected chi connectivity index (χ2v) is 7.40. The van der Waals surface area contributed by atoms with Gasteiger partial charge in [0.05, 0.1) is 12.7 Å². The van der Waals surface area contributed by atoms with Crippen molar-refractivity contribution in [2.24, 2.45) is 23.7 Å². The minimum absolute atomic E-state index is 0.190. The maximum absolute atomic E-state index is 12.0. The van der Waals surface area contributed by atoms with E-state index in [1.54, 1.807) is 0 Å². The molecule has 2 aliphatic rings. The van der Waals surface area contributed by atoms with Crippen molar-refractivity contribution in [3.8, 4) is 6.07 Å². The highest BCUT2D eigenvalue weighted by Gasteiger charge is 2.30. The zero-order valence-electron chi connectivity index (χ0n) is 14.0. The molecule has 0 bridgehead atoms. The number of alkyl halides is 1. The van der Waals surface area contributed by atoms with Gasteiger partial charge in [-0.15, -0.1) is 0 Å². The molecule has 0 aromatic carbocycles. The van der Waals surface area contributed by atoms with Gasteiger partial charge >= 0.3 is 0 Å². The highest BCUT2D eigenvalue weighted by Crippen LogP contribution is 2.42. The van der Waals surface area contributed by atoms with E-state index >= 15 is 0 Å². The number of allylic oxidation sites excluding steroid dienone is 2. The van der Waals surface area contributed by atoms with Crippen molar-refractivity contribution in [1.29, 1.82) is 5.26 Å². The van der Waals surface area contributed by atoms with E-state index in [-0.39, 0.29) is 6.67 Å². The fourth-order valence-corrected chi connectivity index (χ4v) is 4.43. The molecule has 2 saturated carbocycles. The van der Waals surface area contributed by atoms with Gasteiger partial charge in [0.25, 0.3) is 0 Å². The summed E-state index contributed by atoms with van der Waals surface area (Å²) in [6.45, 7) is -0.190. The van der Waals surface area contributed by atoms with Crippen molar-refractivity contribution >= 4 is 0 Å². The molecule has 124 valence electrons. The Labute approximate surface area is 136 Å². The molecule has 0 heterocycles. The van der Waals surface area contributed by atoms with Crippen LogP contribution < -0.4 is 0 Å². The van der Waals surface area contributed by atoms with Gasteiger partial charge in [-0.05, 0) is 82.0 Å². The van der Waals surface area contributed by atoms with E-state index < -0.39 is 0 Å². The first-order valence-corrected chi connectivity index (χ1v) is 9.44. The van der Waals surface area contributed by atoms with Gasteiger partial charge < -0.3 is 0 Å². The van der Waals surface area contributed by atoms with Crippen LogP contribution in [0.25, 0.3) is 0 Å². The number of nitrogens with zero attached hydrogens (tertiary/aromatic N) is 1. The smallest absolute Gasteiger partial charge is 0.0897 e. The van der Waals surface area contributed by atoms with Crippen LogP contribution in [0, 0.1) is 35.0 Å². The largest absolute Gasteiger partial charge is 0.251 e. The Hall–Kier alpha value is -0.840. The summed E-state index contributed by atoms with van der Waals surface area (Å²) in [6, 6.07) is 2.45. The maximum atomic E-state index is 12.0. The van der Waals surface area contributed by atoms with E-state index in [0.717, 1.165) is 37.0 Å². The van der Waals surface area contributed by atoms with Gasteiger partial charge in [-0.3, -0.25) is 4.39 Å². The summed E-state index contributed by atoms with van der Waals surface area (Å²) in [5.41, 5.74) is 0. The van der Waals surface area contributed by atoms with Crippen LogP contribution in [0.4, 0.5) is 4.39 Å². The molecule has 2 aliphatic carbocycles. The molecular formula is C20H32FN. The first-order valence-electron chi connectivity index (χ1n) is 9.44. The van der Waals surface area contributed by atoms with Gasteiger partial charge in [0.1, 0.15) is 0 Å². The number of rotatable bonds is 7. The fourth-order valence-electron chi connectivity index (χ4n) is 4.43. The first-order chi connectivity index (χ1) is 10.8. The molecule has 0 N–H and O–H groups in total. The first kappa shape index (κ1) is 17.5. The van der Waals surface area contributed by atoms with Crippen LogP contribution in [0.15, 0.2) is 12.2 Å². The Morgan fingerprint density at radius 1 is 0.864 bits per heavy atom. The van der Waals surface area contributed by atoms with Crippen LogP contribution >= 0.6 is 0 Å². The molecule has 0 aromatic heterocycles. The number of nitriles is 1. The van der Waals surface area contributed by atoms with Gasteiger partial charge in [-0.25, -0.2) is 0 Å². The number of hydrogen-bond acceptors (Lipinski definition) is 1. The minimum Gasteiger partial charge on any atom is -0.251 e. The highest BCUT2D eigenvalue weighted by molar-refractivity contribution is 4.90. The Morgan fingerprint density at radius 2 is 1.45 bits per heavy atom. The van der Waals surface area contributed by atoms with Crippen LogP contribution in [0.2, 0.25) is 0 Å². The predicted octanol–water partition coefficient (Wildman–Crippen LogP) is 6.21. The van der Waals surface area contributed by atoms with Crippen molar-refractivity contribution in [2.75, 3.05) is 6.67 Å². The Bertz CT molecular complexity index is 354. The van der Waals surface area contributed by atoms with E-state index in [9.17, 15) is 4.39 Å². The van der Waals surface area contributed by atoms with Gasteiger partial charge in [0, 0.05) is 5.92 Å². The Morgan fingerprint density at radius 3 is 2.05 bits per heavy atom. The van der Waals surface area contributed by atoms with E-state index in [1.807, 2.05) is 0 Å². The van der Waals surface area contributed by atoms with Gasteiger partial charge in [-0.1, -0.05) is 25.0 Å². The molecule has 22 heavy (non-hydrogen) atoms. The second-order valence-electron chi connectivity index (χ2n) is 7.40. The molecule has 2 rings (SSSR count). The standard InChI is InChI=1S/C20H32FN/c21-15-5-3-1-2-4-6-17-7-11-19(12-8-17)20-13-9-18(16-22)10-14-20/h1-2,17-20H,3-15H2. The van der Waals surface area contributed by atoms with E-state index in [1.165, 1.54) is 51.4 Å². The van der Waals surface area contributed by atoms with Gasteiger partial charge in [0.15, 0.2) is 0 Å². The van der Waals surface area contributed by atoms with Crippen molar-refractivity contribution in [2.45, 2.75) is 77.0 Å². The van der Waals surface area contributed by atoms with Crippen LogP contribution in [0.5, 0.6) is 0 Å². The summed E-state index contributed by atoms with van der Waals surface area (Å²) >= 11 is 0. The topological polar surface area (TPSA) is 23.8 Å². The van der Waals surface area contributed by atoms with Crippen molar-refractivity contribution < 1.29 is 4.39 Å². The summed E-state index contributed by atoms with van der Waals surface area (Å²) in [7, 11) is 0. The van der Waals surface area contributed by atoms with E-state index in [2.05, 4.69) is 18.2 Å². The molecule has 0 radical (unpaired) electrons. The predicted molar refractivity (Wildman–Crippen MR) is 90.1 cm³/mol. The average Bonchev–Trinajstić information content (AvgIpc) is 2.59. The monoisotopic (exact) mass is 305 g/mol. The molecule has 0 saturated heterocycles. The maximum Gasteiger partial charge on any atom is 0.0897 e. The normalized spacial score (nSPS) is 32.9. The molecule has 1 nitrogen and oxygen atoms in total. The van der Waals surface area contributed by atoms with Crippen LogP contribution in [0.1, 0.15) is 77.0 Å². The minimum atomic E-state index is -0.190. The summed E-state index contributed by atoms with van der Waals surface area (Å²) in [5.74, 6) is 3.11. The van der Waals surface area contributed by atoms with Crippen molar-refractivity contribution in [3.05, 3.63) is 12.2 Å². The van der Waals surface area contributed by atoms with Crippen molar-refractivity contribution in [1.82, 2.24) is 0 Å². The SMILES string of the molecule is N#CC1CCC(C2CCC(CCC=CCCCF)CC2)CC1. The molecule has 0 spiro atoms. The Kier molecular flexibility index (Phi) is 7.99. The van der Waals surface area contributed by atoms with Crippen LogP contribution in [-0.2, 0) is 0 Å². The third-order valence-corrected chi connectivity index (χ3v) is 5.93. The second kappa shape index (κ2) is 10.0. The van der Waals surface area contributed by atoms with Gasteiger partial charge in [-0.2, -0.15) is 5.26 Å². The molecular weight excluding hydrogens is 273 g/mol. The summed E-state index contributed by atoms with van der Waals surface area (Å²) < 4.78 is 12.0. The van der Waals surface area contributed by atoms with E-state index in [4.69, 9.17) is 5.26 Å². The van der Waals surface area contributed by atoms with E-state index in [0.29, 0.717) is 12.3 Å². The van der Waals surface area contributed by atoms with Crippen LogP contribution in [-0.4, -0.2) is 6.67 Å². The van der Waals surface area contributed by atoms with Crippen molar-refractivity contribution in [3.63, 3.8) is 0 Å². The molecule has 0 atom stereocenters. The van der Waals surface area contributed by atoms with Gasteiger partial charge in [0.2, 0.25) is 0 Å². The quantitative estimate of drug-likeness (QED) is 0.405. The molecule has 0 aliphatic heterocycles. The number of unbranched alkanes of at least 4 members (excludes halogenated alkanes) is 1. The zero-order chi connectivity index (χ0) is 15.6. The molecule has 0 unspecified atom stereocenters. The molecule has 0 aromatic rings. The summed E-state index contributed by atoms with van der Waals surface area (Å²) in [5, 5.41) is 9.00.